The van der Waals surface area contributed by atoms with Gasteiger partial charge < -0.3 is 0 Å². The lowest BCUT2D eigenvalue weighted by molar-refractivity contribution is 0.104. The second kappa shape index (κ2) is 6.06. The van der Waals surface area contributed by atoms with E-state index < -0.39 is 0 Å². The van der Waals surface area contributed by atoms with Gasteiger partial charge in [0, 0.05) is 24.0 Å². The average molecular weight is 313 g/mol. The van der Waals surface area contributed by atoms with E-state index in [-0.39, 0.29) is 5.78 Å². The molecule has 24 heavy (non-hydrogen) atoms. The summed E-state index contributed by atoms with van der Waals surface area (Å²) in [6, 6.07) is 20.8. The molecule has 3 aromatic rings. The van der Waals surface area contributed by atoms with E-state index >= 15 is 0 Å². The maximum absolute atomic E-state index is 12.1. The normalized spacial score (nSPS) is 13.0. The minimum atomic E-state index is 0.0999. The highest BCUT2D eigenvalue weighted by Gasteiger charge is 2.16. The molecule has 1 aliphatic carbocycles. The molecular weight excluding hydrogens is 294 g/mol. The van der Waals surface area contributed by atoms with Crippen molar-refractivity contribution in [2.45, 2.75) is 13.1 Å². The van der Waals surface area contributed by atoms with Crippen LogP contribution in [-0.4, -0.2) is 17.7 Å². The molecule has 1 aliphatic rings. The fourth-order valence-electron chi connectivity index (χ4n) is 3.47. The van der Waals surface area contributed by atoms with Gasteiger partial charge in [-0.1, -0.05) is 66.7 Å². The molecule has 0 atom stereocenters. The van der Waals surface area contributed by atoms with E-state index in [2.05, 4.69) is 54.4 Å². The van der Waals surface area contributed by atoms with Crippen LogP contribution in [0.15, 0.2) is 66.7 Å². The second-order valence-corrected chi connectivity index (χ2v) is 6.40. The molecule has 0 aromatic heterocycles. The Kier molecular flexibility index (Phi) is 3.75. The molecule has 0 saturated heterocycles. The Hall–Kier alpha value is -2.71. The average Bonchev–Trinajstić information content (AvgIpc) is 2.60. The zero-order chi connectivity index (χ0) is 16.5. The standard InChI is InChI=1S/C22H19NO/c1-23(14-16-6-3-2-4-7-16)15-18-11-10-17-12-13-21(24)20-9-5-8-19(18)22(17)20/h2-13H,14-15H2,1H3. The van der Waals surface area contributed by atoms with Gasteiger partial charge in [-0.2, -0.15) is 0 Å². The number of carbonyl (C=O) groups is 1. The lowest BCUT2D eigenvalue weighted by Gasteiger charge is -2.20. The van der Waals surface area contributed by atoms with Crippen molar-refractivity contribution in [3.8, 4) is 0 Å². The summed E-state index contributed by atoms with van der Waals surface area (Å²) in [5.41, 5.74) is 4.52. The summed E-state index contributed by atoms with van der Waals surface area (Å²) >= 11 is 0. The molecule has 0 unspecified atom stereocenters. The zero-order valence-corrected chi connectivity index (χ0v) is 13.7. The topological polar surface area (TPSA) is 20.3 Å². The van der Waals surface area contributed by atoms with Gasteiger partial charge in [-0.25, -0.2) is 0 Å². The maximum Gasteiger partial charge on any atom is 0.186 e. The number of hydrogen-bond donors (Lipinski definition) is 0. The van der Waals surface area contributed by atoms with Crippen LogP contribution in [0.5, 0.6) is 0 Å². The molecule has 0 heterocycles. The summed E-state index contributed by atoms with van der Waals surface area (Å²) in [5.74, 6) is 0.0999. The van der Waals surface area contributed by atoms with Crippen LogP contribution in [0, 0.1) is 0 Å². The van der Waals surface area contributed by atoms with Gasteiger partial charge in [-0.05, 0) is 35.2 Å². The summed E-state index contributed by atoms with van der Waals surface area (Å²) in [4.78, 5) is 14.5. The number of benzene rings is 3. The minimum absolute atomic E-state index is 0.0999. The van der Waals surface area contributed by atoms with E-state index in [9.17, 15) is 4.79 Å². The summed E-state index contributed by atoms with van der Waals surface area (Å²) in [7, 11) is 2.13. The molecule has 0 aliphatic heterocycles. The van der Waals surface area contributed by atoms with E-state index in [0.717, 1.165) is 29.6 Å². The molecule has 0 radical (unpaired) electrons. The summed E-state index contributed by atoms with van der Waals surface area (Å²) in [6.07, 6.45) is 3.59. The van der Waals surface area contributed by atoms with E-state index in [1.807, 2.05) is 24.3 Å². The van der Waals surface area contributed by atoms with Crippen LogP contribution in [0.1, 0.15) is 27.0 Å². The molecule has 118 valence electrons. The molecule has 0 spiro atoms. The van der Waals surface area contributed by atoms with Gasteiger partial charge in [0.1, 0.15) is 0 Å². The lowest BCUT2D eigenvalue weighted by atomic mass is 9.90. The van der Waals surface area contributed by atoms with Crippen LogP contribution < -0.4 is 0 Å². The third-order valence-corrected chi connectivity index (χ3v) is 4.58. The number of nitrogens with zero attached hydrogens (tertiary/aromatic N) is 1. The summed E-state index contributed by atoms with van der Waals surface area (Å²) in [6.45, 7) is 1.76. The van der Waals surface area contributed by atoms with E-state index in [1.54, 1.807) is 6.08 Å². The third kappa shape index (κ3) is 2.66. The van der Waals surface area contributed by atoms with Crippen LogP contribution >= 0.6 is 0 Å². The maximum atomic E-state index is 12.1. The Labute approximate surface area is 142 Å². The molecule has 0 fully saturated rings. The predicted octanol–water partition coefficient (Wildman–Crippen LogP) is 4.68. The zero-order valence-electron chi connectivity index (χ0n) is 13.7. The SMILES string of the molecule is CN(Cc1ccccc1)Cc1ccc2c3c(cccc13)C(=O)C=C2. The predicted molar refractivity (Wildman–Crippen MR) is 98.9 cm³/mol. The molecule has 0 N–H and O–H groups in total. The van der Waals surface area contributed by atoms with Gasteiger partial charge in [-0.15, -0.1) is 0 Å². The van der Waals surface area contributed by atoms with Gasteiger partial charge in [0.15, 0.2) is 5.78 Å². The Balaban J connectivity index is 1.68. The monoisotopic (exact) mass is 313 g/mol. The van der Waals surface area contributed by atoms with Crippen molar-refractivity contribution in [1.29, 1.82) is 0 Å². The largest absolute Gasteiger partial charge is 0.298 e. The van der Waals surface area contributed by atoms with Gasteiger partial charge in [0.2, 0.25) is 0 Å². The third-order valence-electron chi connectivity index (χ3n) is 4.58. The highest BCUT2D eigenvalue weighted by Crippen LogP contribution is 2.31. The molecule has 0 amide bonds. The van der Waals surface area contributed by atoms with Crippen molar-refractivity contribution in [2.24, 2.45) is 0 Å². The summed E-state index contributed by atoms with van der Waals surface area (Å²) in [5, 5.41) is 2.28. The first kappa shape index (κ1) is 14.9. The fourth-order valence-corrected chi connectivity index (χ4v) is 3.47. The number of carbonyl (C=O) groups excluding carboxylic acids is 1. The lowest BCUT2D eigenvalue weighted by Crippen LogP contribution is -2.17. The van der Waals surface area contributed by atoms with E-state index in [0.29, 0.717) is 0 Å². The highest BCUT2D eigenvalue weighted by atomic mass is 16.1. The van der Waals surface area contributed by atoms with Crippen molar-refractivity contribution in [3.05, 3.63) is 89.0 Å². The van der Waals surface area contributed by atoms with Gasteiger partial charge in [-0.3, -0.25) is 9.69 Å². The van der Waals surface area contributed by atoms with Crippen LogP contribution in [0.25, 0.3) is 16.8 Å². The molecule has 3 aromatic carbocycles. The van der Waals surface area contributed by atoms with Crippen LogP contribution in [-0.2, 0) is 13.1 Å². The number of hydrogen-bond acceptors (Lipinski definition) is 2. The van der Waals surface area contributed by atoms with Gasteiger partial charge in [0.25, 0.3) is 0 Å². The first-order valence-electron chi connectivity index (χ1n) is 8.22. The van der Waals surface area contributed by atoms with Crippen molar-refractivity contribution in [3.63, 3.8) is 0 Å². The van der Waals surface area contributed by atoms with Crippen molar-refractivity contribution < 1.29 is 4.79 Å². The Morgan fingerprint density at radius 1 is 0.833 bits per heavy atom. The minimum Gasteiger partial charge on any atom is -0.298 e. The molecule has 0 saturated carbocycles. The van der Waals surface area contributed by atoms with Crippen LogP contribution in [0.3, 0.4) is 0 Å². The smallest absolute Gasteiger partial charge is 0.186 e. The number of ketones is 1. The Morgan fingerprint density at radius 2 is 1.67 bits per heavy atom. The van der Waals surface area contributed by atoms with Gasteiger partial charge >= 0.3 is 0 Å². The van der Waals surface area contributed by atoms with E-state index in [1.165, 1.54) is 16.5 Å². The van der Waals surface area contributed by atoms with Crippen LogP contribution in [0.2, 0.25) is 0 Å². The number of allylic oxidation sites excluding steroid dienone is 1. The number of rotatable bonds is 4. The van der Waals surface area contributed by atoms with E-state index in [4.69, 9.17) is 0 Å². The summed E-state index contributed by atoms with van der Waals surface area (Å²) < 4.78 is 0. The second-order valence-electron chi connectivity index (χ2n) is 6.40. The van der Waals surface area contributed by atoms with Crippen LogP contribution in [0.4, 0.5) is 0 Å². The fraction of sp³-hybridized carbons (Fsp3) is 0.136. The highest BCUT2D eigenvalue weighted by molar-refractivity contribution is 6.20. The first-order valence-corrected chi connectivity index (χ1v) is 8.22. The first-order chi connectivity index (χ1) is 11.7. The Bertz CT molecular complexity index is 941. The van der Waals surface area contributed by atoms with Crippen molar-refractivity contribution in [2.75, 3.05) is 7.05 Å². The molecule has 2 heteroatoms. The molecular formula is C22H19NO. The van der Waals surface area contributed by atoms with Crippen molar-refractivity contribution in [1.82, 2.24) is 4.90 Å². The molecule has 0 bridgehead atoms. The molecule has 4 rings (SSSR count). The molecule has 2 nitrogen and oxygen atoms in total. The van der Waals surface area contributed by atoms with Gasteiger partial charge in [0.05, 0.1) is 0 Å². The van der Waals surface area contributed by atoms with Crippen molar-refractivity contribution >= 4 is 22.6 Å². The quantitative estimate of drug-likeness (QED) is 0.697. The Morgan fingerprint density at radius 3 is 2.50 bits per heavy atom.